The molecule has 11 nitrogen and oxygen atoms in total. The summed E-state index contributed by atoms with van der Waals surface area (Å²) in [5, 5.41) is 0.507. The molecule has 0 aliphatic heterocycles. The number of phosphoric acid groups is 1. The number of pyridine rings is 3. The van der Waals surface area contributed by atoms with Crippen LogP contribution in [0.15, 0.2) is 75.5 Å². The van der Waals surface area contributed by atoms with Crippen LogP contribution < -0.4 is 11.2 Å². The monoisotopic (exact) mass is 591 g/mol. The third-order valence-corrected chi connectivity index (χ3v) is 6.95. The third-order valence-electron chi connectivity index (χ3n) is 5.84. The van der Waals surface area contributed by atoms with Crippen molar-refractivity contribution < 1.29 is 32.0 Å². The van der Waals surface area contributed by atoms with Crippen molar-refractivity contribution in [2.45, 2.75) is 17.9 Å². The number of fused-ring (bicyclic) bond motifs is 3. The van der Waals surface area contributed by atoms with Crippen LogP contribution in [0.1, 0.15) is 5.56 Å². The van der Waals surface area contributed by atoms with E-state index in [1.807, 2.05) is 6.26 Å². The number of halogens is 3. The first-order chi connectivity index (χ1) is 18.9. The fourth-order valence-corrected chi connectivity index (χ4v) is 4.63. The fraction of sp³-hybridized carbons (Fsp3) is 0.125. The van der Waals surface area contributed by atoms with E-state index in [0.29, 0.717) is 21.9 Å². The molecule has 0 unspecified atom stereocenters. The molecule has 0 aliphatic carbocycles. The highest BCUT2D eigenvalue weighted by molar-refractivity contribution is 7.98. The number of hydrogen-bond acceptors (Lipinski definition) is 8. The Morgan fingerprint density at radius 1 is 1.05 bits per heavy atom. The highest BCUT2D eigenvalue weighted by Crippen LogP contribution is 2.36. The van der Waals surface area contributed by atoms with Gasteiger partial charge in [-0.15, -0.1) is 11.8 Å². The van der Waals surface area contributed by atoms with Gasteiger partial charge in [-0.25, -0.2) is 23.9 Å². The smallest absolute Gasteiger partial charge is 0.303 e. The van der Waals surface area contributed by atoms with Crippen LogP contribution in [0.4, 0.5) is 13.2 Å². The van der Waals surface area contributed by atoms with E-state index in [0.717, 1.165) is 27.9 Å². The average molecular weight is 591 g/mol. The second-order valence-corrected chi connectivity index (χ2v) is 10.4. The van der Waals surface area contributed by atoms with Crippen molar-refractivity contribution in [2.75, 3.05) is 6.26 Å². The van der Waals surface area contributed by atoms with Crippen molar-refractivity contribution >= 4 is 41.5 Å². The van der Waals surface area contributed by atoms with Gasteiger partial charge < -0.3 is 9.79 Å². The van der Waals surface area contributed by atoms with Gasteiger partial charge in [0.25, 0.3) is 5.56 Å². The first-order valence-electron chi connectivity index (χ1n) is 11.2. The van der Waals surface area contributed by atoms with Crippen LogP contribution in [0.3, 0.4) is 0 Å². The number of thioether (sulfide) groups is 1. The summed E-state index contributed by atoms with van der Waals surface area (Å²) in [4.78, 5) is 58.2. The van der Waals surface area contributed by atoms with E-state index in [-0.39, 0.29) is 27.6 Å². The highest BCUT2D eigenvalue weighted by Gasteiger charge is 2.31. The molecular formula is C24H17F3N5O6PS. The van der Waals surface area contributed by atoms with Gasteiger partial charge in [0.15, 0.2) is 0 Å². The fourth-order valence-electron chi connectivity index (χ4n) is 4.01. The van der Waals surface area contributed by atoms with Gasteiger partial charge in [-0.3, -0.25) is 18.9 Å². The molecule has 0 aliphatic rings. The predicted octanol–water partition coefficient (Wildman–Crippen LogP) is 3.97. The molecule has 0 saturated heterocycles. The molecule has 4 aromatic heterocycles. The van der Waals surface area contributed by atoms with Gasteiger partial charge >= 0.3 is 19.7 Å². The zero-order valence-electron chi connectivity index (χ0n) is 20.2. The highest BCUT2D eigenvalue weighted by atomic mass is 32.2. The van der Waals surface area contributed by atoms with Crippen LogP contribution in [0.25, 0.3) is 38.9 Å². The summed E-state index contributed by atoms with van der Waals surface area (Å²) in [7, 11) is -5.13. The third kappa shape index (κ3) is 5.29. The maximum absolute atomic E-state index is 13.6. The standard InChI is InChI=1S/C24H17F3N5O6PS/c1-40-19-8-5-13(10-29-19)17-6-7-18-20(30-17)21-16(11-28-18)22(33)31(12-38-39(35,36)37)23(34)32(21)15-4-2-3-14(9-15)24(25,26)27/h2-11H,12H2,1H3,(H2,35,36,37). The van der Waals surface area contributed by atoms with Gasteiger partial charge in [-0.2, -0.15) is 13.2 Å². The first kappa shape index (κ1) is 27.7. The minimum absolute atomic E-state index is 0.0265. The van der Waals surface area contributed by atoms with Gasteiger partial charge in [0.2, 0.25) is 0 Å². The lowest BCUT2D eigenvalue weighted by Gasteiger charge is -2.17. The molecule has 0 amide bonds. The number of alkyl halides is 3. The number of phosphoric ester groups is 1. The van der Waals surface area contributed by atoms with Crippen molar-refractivity contribution in [3.8, 4) is 16.9 Å². The van der Waals surface area contributed by atoms with Crippen LogP contribution in [-0.4, -0.2) is 40.1 Å². The van der Waals surface area contributed by atoms with E-state index in [1.54, 1.807) is 30.5 Å². The van der Waals surface area contributed by atoms with Crippen LogP contribution in [0, 0.1) is 0 Å². The predicted molar refractivity (Wildman–Crippen MR) is 140 cm³/mol. The quantitative estimate of drug-likeness (QED) is 0.169. The summed E-state index contributed by atoms with van der Waals surface area (Å²) in [5.41, 5.74) is -2.51. The lowest BCUT2D eigenvalue weighted by atomic mass is 10.1. The van der Waals surface area contributed by atoms with Crippen molar-refractivity contribution in [2.24, 2.45) is 0 Å². The summed E-state index contributed by atoms with van der Waals surface area (Å²) in [5.74, 6) is 0. The van der Waals surface area contributed by atoms with Crippen LogP contribution in [0.5, 0.6) is 0 Å². The molecule has 1 aromatic carbocycles. The number of benzene rings is 1. The summed E-state index contributed by atoms with van der Waals surface area (Å²) in [6, 6.07) is 10.6. The lowest BCUT2D eigenvalue weighted by molar-refractivity contribution is -0.137. The summed E-state index contributed by atoms with van der Waals surface area (Å²) in [6.45, 7) is -1.17. The summed E-state index contributed by atoms with van der Waals surface area (Å²) in [6.07, 6.45) is -0.213. The molecule has 40 heavy (non-hydrogen) atoms. The molecule has 0 fully saturated rings. The van der Waals surface area contributed by atoms with Crippen molar-refractivity contribution in [3.63, 3.8) is 0 Å². The minimum Gasteiger partial charge on any atom is -0.303 e. The largest absolute Gasteiger partial charge is 0.471 e. The van der Waals surface area contributed by atoms with Gasteiger partial charge in [-0.05, 0) is 48.7 Å². The van der Waals surface area contributed by atoms with Crippen LogP contribution in [0.2, 0.25) is 0 Å². The summed E-state index contributed by atoms with van der Waals surface area (Å²) >= 11 is 1.43. The number of nitrogens with zero attached hydrogens (tertiary/aromatic N) is 5. The Morgan fingerprint density at radius 3 is 2.48 bits per heavy atom. The summed E-state index contributed by atoms with van der Waals surface area (Å²) < 4.78 is 57.5. The molecule has 16 heteroatoms. The molecule has 206 valence electrons. The van der Waals surface area contributed by atoms with E-state index in [2.05, 4.69) is 19.5 Å². The van der Waals surface area contributed by atoms with E-state index in [1.165, 1.54) is 17.8 Å². The number of rotatable bonds is 6. The molecule has 0 saturated carbocycles. The zero-order chi connectivity index (χ0) is 28.8. The zero-order valence-corrected chi connectivity index (χ0v) is 21.9. The van der Waals surface area contributed by atoms with E-state index < -0.39 is 37.5 Å². The second kappa shape index (κ2) is 10.3. The SMILES string of the molecule is CSc1ccc(-c2ccc3ncc4c(=O)n(COP(=O)(O)O)c(=O)n(-c5cccc(C(F)(F)F)c5)c4c3n2)cn1. The number of aromatic nitrogens is 5. The lowest BCUT2D eigenvalue weighted by Crippen LogP contribution is -2.40. The molecule has 5 aromatic rings. The van der Waals surface area contributed by atoms with Gasteiger partial charge in [0.05, 0.1) is 38.4 Å². The van der Waals surface area contributed by atoms with E-state index >= 15 is 0 Å². The molecule has 4 heterocycles. The van der Waals surface area contributed by atoms with Crippen molar-refractivity contribution in [1.29, 1.82) is 0 Å². The molecule has 0 spiro atoms. The maximum Gasteiger partial charge on any atom is 0.471 e. The molecule has 2 N–H and O–H groups in total. The molecule has 0 bridgehead atoms. The Labute approximate surface area is 226 Å². The van der Waals surface area contributed by atoms with Crippen molar-refractivity contribution in [3.05, 3.63) is 87.3 Å². The van der Waals surface area contributed by atoms with Crippen LogP contribution in [-0.2, 0) is 22.0 Å². The normalized spacial score (nSPS) is 12.3. The molecule has 5 rings (SSSR count). The Balaban J connectivity index is 1.87. The second-order valence-electron chi connectivity index (χ2n) is 8.32. The molecular weight excluding hydrogens is 574 g/mol. The van der Waals surface area contributed by atoms with Gasteiger partial charge in [0, 0.05) is 18.0 Å². The molecule has 0 atom stereocenters. The molecule has 0 radical (unpaired) electrons. The van der Waals surface area contributed by atoms with E-state index in [4.69, 9.17) is 9.79 Å². The Hall–Kier alpha value is -3.88. The Morgan fingerprint density at radius 2 is 1.82 bits per heavy atom. The minimum atomic E-state index is -5.13. The van der Waals surface area contributed by atoms with Gasteiger partial charge in [0.1, 0.15) is 12.2 Å². The van der Waals surface area contributed by atoms with Crippen molar-refractivity contribution in [1.82, 2.24) is 24.1 Å². The Bertz CT molecular complexity index is 1940. The topological polar surface area (TPSA) is 149 Å². The first-order valence-corrected chi connectivity index (χ1v) is 14.0. The van der Waals surface area contributed by atoms with E-state index in [9.17, 15) is 27.3 Å². The van der Waals surface area contributed by atoms with Gasteiger partial charge in [-0.1, -0.05) is 6.07 Å². The number of hydrogen-bond donors (Lipinski definition) is 2. The van der Waals surface area contributed by atoms with Crippen LogP contribution >= 0.6 is 19.6 Å². The Kier molecular flexibility index (Phi) is 7.10. The maximum atomic E-state index is 13.6. The average Bonchev–Trinajstić information content (AvgIpc) is 2.92.